The number of likely N-dealkylation sites (N-methyl/N-ethyl adjacent to an activating group) is 1. The zero-order valence-corrected chi connectivity index (χ0v) is 18.0. The fraction of sp³-hybridized carbons (Fsp3) is 0.435. The Morgan fingerprint density at radius 2 is 1.30 bits per heavy atom. The molecule has 0 fully saturated rings. The van der Waals surface area contributed by atoms with Crippen LogP contribution in [0.5, 0.6) is 0 Å². The molecule has 0 heterocycles. The van der Waals surface area contributed by atoms with Gasteiger partial charge < -0.3 is 9.80 Å². The second-order valence-corrected chi connectivity index (χ2v) is 7.96. The first-order chi connectivity index (χ1) is 12.3. The maximum absolute atomic E-state index is 13.2. The molecule has 0 radical (unpaired) electrons. The molecule has 0 aliphatic rings. The van der Waals surface area contributed by atoms with E-state index in [1.807, 2.05) is 72.6 Å². The van der Waals surface area contributed by atoms with Crippen molar-refractivity contribution in [2.45, 2.75) is 38.6 Å². The van der Waals surface area contributed by atoms with Crippen LogP contribution in [0.25, 0.3) is 0 Å². The Hall–Kier alpha value is -1.84. The van der Waals surface area contributed by atoms with Crippen molar-refractivity contribution < 1.29 is 4.79 Å². The lowest BCUT2D eigenvalue weighted by Crippen LogP contribution is -2.40. The highest BCUT2D eigenvalue weighted by molar-refractivity contribution is 5.87. The van der Waals surface area contributed by atoms with E-state index < -0.39 is 0 Å². The van der Waals surface area contributed by atoms with Crippen LogP contribution < -0.4 is 0 Å². The lowest BCUT2D eigenvalue weighted by molar-refractivity contribution is -0.130. The van der Waals surface area contributed by atoms with Crippen LogP contribution in [0.3, 0.4) is 0 Å². The van der Waals surface area contributed by atoms with E-state index in [1.54, 1.807) is 0 Å². The van der Waals surface area contributed by atoms with E-state index in [-0.39, 0.29) is 29.8 Å². The second-order valence-electron chi connectivity index (χ2n) is 7.96. The highest BCUT2D eigenvalue weighted by atomic mass is 35.5. The van der Waals surface area contributed by atoms with Crippen molar-refractivity contribution in [2.75, 3.05) is 27.2 Å². The third-order valence-electron chi connectivity index (χ3n) is 5.02. The number of rotatable bonds is 7. The van der Waals surface area contributed by atoms with Gasteiger partial charge in [-0.15, -0.1) is 12.4 Å². The van der Waals surface area contributed by atoms with Crippen LogP contribution >= 0.6 is 12.4 Å². The molecule has 2 aromatic carbocycles. The Labute approximate surface area is 170 Å². The predicted octanol–water partition coefficient (Wildman–Crippen LogP) is 4.82. The number of halogens is 1. The third kappa shape index (κ3) is 6.67. The van der Waals surface area contributed by atoms with Gasteiger partial charge in [-0.2, -0.15) is 0 Å². The molecule has 2 aromatic rings. The van der Waals surface area contributed by atoms with Crippen molar-refractivity contribution in [2.24, 2.45) is 0 Å². The molecule has 0 bridgehead atoms. The lowest BCUT2D eigenvalue weighted by atomic mass is 9.90. The van der Waals surface area contributed by atoms with Gasteiger partial charge in [0.15, 0.2) is 0 Å². The summed E-state index contributed by atoms with van der Waals surface area (Å²) in [7, 11) is 4.05. The van der Waals surface area contributed by atoms with Gasteiger partial charge in [-0.25, -0.2) is 0 Å². The number of amides is 1. The van der Waals surface area contributed by atoms with Gasteiger partial charge in [-0.05, 0) is 45.4 Å². The summed E-state index contributed by atoms with van der Waals surface area (Å²) in [6.07, 6.45) is 0.965. The quantitative estimate of drug-likeness (QED) is 0.678. The topological polar surface area (TPSA) is 23.6 Å². The standard InChI is InChI=1S/C23H32N2O.ClH/c1-23(2,3)25(5)18-12-17-24(4)22(26)21(19-13-8-6-9-14-19)20-15-10-7-11-16-20;/h6-11,13-16,21H,12,17-18H2,1-5H3;1H. The van der Waals surface area contributed by atoms with Crippen LogP contribution in [0.4, 0.5) is 0 Å². The first-order valence-corrected chi connectivity index (χ1v) is 9.37. The fourth-order valence-electron chi connectivity index (χ4n) is 2.98. The van der Waals surface area contributed by atoms with Crippen LogP contribution in [0.15, 0.2) is 60.7 Å². The van der Waals surface area contributed by atoms with Crippen LogP contribution in [0, 0.1) is 0 Å². The number of hydrogen-bond donors (Lipinski definition) is 0. The van der Waals surface area contributed by atoms with Gasteiger partial charge in [0.25, 0.3) is 0 Å². The van der Waals surface area contributed by atoms with Gasteiger partial charge in [-0.1, -0.05) is 60.7 Å². The number of carbonyl (C=O) groups is 1. The van der Waals surface area contributed by atoms with Gasteiger partial charge >= 0.3 is 0 Å². The molecular formula is C23H33ClN2O. The van der Waals surface area contributed by atoms with E-state index in [0.29, 0.717) is 0 Å². The average Bonchev–Trinajstić information content (AvgIpc) is 2.62. The fourth-order valence-corrected chi connectivity index (χ4v) is 2.98. The monoisotopic (exact) mass is 388 g/mol. The first-order valence-electron chi connectivity index (χ1n) is 9.37. The normalized spacial score (nSPS) is 11.4. The second kappa shape index (κ2) is 10.5. The van der Waals surface area contributed by atoms with E-state index in [1.165, 1.54) is 0 Å². The summed E-state index contributed by atoms with van der Waals surface area (Å²) in [5.74, 6) is -0.0939. The molecule has 0 saturated heterocycles. The number of carbonyl (C=O) groups excluding carboxylic acids is 1. The van der Waals surface area contributed by atoms with Gasteiger partial charge in [0, 0.05) is 25.7 Å². The van der Waals surface area contributed by atoms with E-state index in [9.17, 15) is 4.79 Å². The van der Waals surface area contributed by atoms with Crippen molar-refractivity contribution in [1.82, 2.24) is 9.80 Å². The molecule has 27 heavy (non-hydrogen) atoms. The van der Waals surface area contributed by atoms with Crippen LogP contribution in [0.2, 0.25) is 0 Å². The summed E-state index contributed by atoms with van der Waals surface area (Å²) in [6.45, 7) is 8.37. The summed E-state index contributed by atoms with van der Waals surface area (Å²) in [5, 5.41) is 0. The zero-order chi connectivity index (χ0) is 19.2. The van der Waals surface area contributed by atoms with Gasteiger partial charge in [0.1, 0.15) is 0 Å². The average molecular weight is 389 g/mol. The van der Waals surface area contributed by atoms with E-state index >= 15 is 0 Å². The van der Waals surface area contributed by atoms with Crippen molar-refractivity contribution in [3.8, 4) is 0 Å². The highest BCUT2D eigenvalue weighted by Gasteiger charge is 2.25. The predicted molar refractivity (Wildman–Crippen MR) is 117 cm³/mol. The molecule has 0 saturated carbocycles. The maximum atomic E-state index is 13.2. The minimum atomic E-state index is -0.247. The Morgan fingerprint density at radius 1 is 0.852 bits per heavy atom. The summed E-state index contributed by atoms with van der Waals surface area (Å²) in [6, 6.07) is 20.1. The molecule has 3 nitrogen and oxygen atoms in total. The molecule has 2 rings (SSSR count). The number of benzene rings is 2. The summed E-state index contributed by atoms with van der Waals surface area (Å²) >= 11 is 0. The Balaban J connectivity index is 0.00000364. The summed E-state index contributed by atoms with van der Waals surface area (Å²) in [4.78, 5) is 17.4. The van der Waals surface area contributed by atoms with Crippen molar-refractivity contribution >= 4 is 18.3 Å². The Bertz CT molecular complexity index is 643. The van der Waals surface area contributed by atoms with E-state index in [4.69, 9.17) is 0 Å². The lowest BCUT2D eigenvalue weighted by Gasteiger charge is -2.32. The minimum absolute atomic E-state index is 0. The van der Waals surface area contributed by atoms with Crippen molar-refractivity contribution in [3.05, 3.63) is 71.8 Å². The smallest absolute Gasteiger partial charge is 0.234 e. The van der Waals surface area contributed by atoms with Crippen LogP contribution in [-0.4, -0.2) is 48.4 Å². The summed E-state index contributed by atoms with van der Waals surface area (Å²) < 4.78 is 0. The van der Waals surface area contributed by atoms with Crippen molar-refractivity contribution in [3.63, 3.8) is 0 Å². The molecule has 1 amide bonds. The SMILES string of the molecule is CN(CCCN(C)C(C)(C)C)C(=O)C(c1ccccc1)c1ccccc1.Cl. The minimum Gasteiger partial charge on any atom is -0.345 e. The first kappa shape index (κ1) is 23.2. The molecular weight excluding hydrogens is 356 g/mol. The van der Waals surface area contributed by atoms with Gasteiger partial charge in [0.05, 0.1) is 5.92 Å². The molecule has 0 atom stereocenters. The van der Waals surface area contributed by atoms with E-state index in [0.717, 1.165) is 30.6 Å². The highest BCUT2D eigenvalue weighted by Crippen LogP contribution is 2.26. The zero-order valence-electron chi connectivity index (χ0n) is 17.2. The van der Waals surface area contributed by atoms with E-state index in [2.05, 4.69) is 32.7 Å². The molecule has 148 valence electrons. The molecule has 0 spiro atoms. The van der Waals surface area contributed by atoms with Gasteiger partial charge in [0.2, 0.25) is 5.91 Å². The van der Waals surface area contributed by atoms with Crippen LogP contribution in [-0.2, 0) is 4.79 Å². The Morgan fingerprint density at radius 3 is 1.70 bits per heavy atom. The number of hydrogen-bond acceptors (Lipinski definition) is 2. The van der Waals surface area contributed by atoms with Gasteiger partial charge in [-0.3, -0.25) is 4.79 Å². The molecule has 0 N–H and O–H groups in total. The number of nitrogens with zero attached hydrogens (tertiary/aromatic N) is 2. The summed E-state index contributed by atoms with van der Waals surface area (Å²) in [5.41, 5.74) is 2.24. The molecule has 0 aliphatic carbocycles. The molecule has 0 aromatic heterocycles. The maximum Gasteiger partial charge on any atom is 0.234 e. The molecule has 0 unspecified atom stereocenters. The Kier molecular flexibility index (Phi) is 9.01. The third-order valence-corrected chi connectivity index (χ3v) is 5.02. The molecule has 4 heteroatoms. The van der Waals surface area contributed by atoms with Crippen molar-refractivity contribution in [1.29, 1.82) is 0 Å². The molecule has 0 aliphatic heterocycles. The van der Waals surface area contributed by atoms with Crippen LogP contribution in [0.1, 0.15) is 44.2 Å². The largest absolute Gasteiger partial charge is 0.345 e.